The van der Waals surface area contributed by atoms with Gasteiger partial charge in [-0.15, -0.1) is 0 Å². The molecule has 8 nitrogen and oxygen atoms in total. The Labute approximate surface area is 196 Å². The molecule has 8 rings (SSSR count). The van der Waals surface area contributed by atoms with Crippen LogP contribution >= 0.6 is 0 Å². The summed E-state index contributed by atoms with van der Waals surface area (Å²) in [5.74, 6) is 1.54. The van der Waals surface area contributed by atoms with Crippen molar-refractivity contribution in [1.29, 1.82) is 0 Å². The molecule has 6 heterocycles. The van der Waals surface area contributed by atoms with Crippen LogP contribution in [0.25, 0.3) is 16.7 Å². The van der Waals surface area contributed by atoms with Crippen molar-refractivity contribution in [2.45, 2.75) is 12.5 Å². The molecule has 1 amide bonds. The van der Waals surface area contributed by atoms with Crippen molar-refractivity contribution in [2.75, 3.05) is 19.8 Å². The minimum Gasteiger partial charge on any atom is -0.490 e. The lowest BCUT2D eigenvalue weighted by atomic mass is 10.1. The minimum atomic E-state index is -0.460. The fourth-order valence-electron chi connectivity index (χ4n) is 3.87. The number of hydrogen-bond acceptors (Lipinski definition) is 6. The molecule has 172 valence electrons. The number of amides is 1. The van der Waals surface area contributed by atoms with Gasteiger partial charge in [-0.2, -0.15) is 5.10 Å². The summed E-state index contributed by atoms with van der Waals surface area (Å²) >= 11 is 0. The lowest BCUT2D eigenvalue weighted by Crippen LogP contribution is -2.39. The zero-order chi connectivity index (χ0) is 23.3. The highest BCUT2D eigenvalue weighted by atomic mass is 16.5. The largest absolute Gasteiger partial charge is 0.490 e. The zero-order valence-electron chi connectivity index (χ0n) is 18.4. The smallest absolute Gasteiger partial charge is 0.255 e. The SMILES string of the molecule is O=C1N[C@H](CO)Cc2ccc(cc2)OC/C=C/COc2ccc3c(cnn3-c3ncccc31)c2. The number of nitrogens with one attached hydrogen (secondary N) is 1. The number of carbonyl (C=O) groups is 1. The number of hydrogen-bond donors (Lipinski definition) is 2. The number of ether oxygens (including phenoxy) is 2. The van der Waals surface area contributed by atoms with Gasteiger partial charge < -0.3 is 19.9 Å². The first-order valence-corrected chi connectivity index (χ1v) is 11.1. The van der Waals surface area contributed by atoms with Crippen LogP contribution in [0.3, 0.4) is 0 Å². The first kappa shape index (κ1) is 21.7. The summed E-state index contributed by atoms with van der Waals surface area (Å²) in [5.41, 5.74) is 2.14. The van der Waals surface area contributed by atoms with E-state index in [1.807, 2.05) is 54.6 Å². The van der Waals surface area contributed by atoms with Crippen LogP contribution in [0.5, 0.6) is 11.5 Å². The number of aliphatic hydroxyl groups is 1. The molecule has 2 N–H and O–H groups in total. The van der Waals surface area contributed by atoms with E-state index in [0.717, 1.165) is 22.2 Å². The van der Waals surface area contributed by atoms with Crippen molar-refractivity contribution < 1.29 is 19.4 Å². The molecule has 4 aliphatic heterocycles. The maximum Gasteiger partial charge on any atom is 0.255 e. The van der Waals surface area contributed by atoms with Crippen LogP contribution in [0.4, 0.5) is 0 Å². The van der Waals surface area contributed by atoms with Gasteiger partial charge in [-0.05, 0) is 66.6 Å². The standard InChI is InChI=1S/C26H24N4O4/c31-17-20-14-18-5-7-21(8-6-18)33-12-1-2-13-34-22-9-10-24-19(15-22)16-28-30(24)25-23(26(32)29-20)4-3-11-27-25/h1-11,15-16,20,31H,12-14,17H2,(H,29,32)/b2-1+/t20-/m0/s1. The van der Waals surface area contributed by atoms with E-state index in [0.29, 0.717) is 36.8 Å². The molecule has 4 aliphatic rings. The Morgan fingerprint density at radius 2 is 1.79 bits per heavy atom. The Balaban J connectivity index is 1.52. The predicted octanol–water partition coefficient (Wildman–Crippen LogP) is 3.08. The number of pyridine rings is 1. The van der Waals surface area contributed by atoms with Crippen molar-refractivity contribution >= 4 is 16.8 Å². The number of nitrogens with zero attached hydrogens (tertiary/aromatic N) is 3. The molecule has 0 saturated heterocycles. The summed E-state index contributed by atoms with van der Waals surface area (Å²) in [7, 11) is 0. The van der Waals surface area contributed by atoms with E-state index in [1.165, 1.54) is 0 Å². The average Bonchev–Trinajstić information content (AvgIpc) is 3.29. The number of rotatable bonds is 1. The summed E-state index contributed by atoms with van der Waals surface area (Å²) in [5, 5.41) is 18.2. The third kappa shape index (κ3) is 4.62. The molecular weight excluding hydrogens is 432 g/mol. The second-order valence-electron chi connectivity index (χ2n) is 7.95. The molecule has 0 radical (unpaired) electrons. The third-order valence-corrected chi connectivity index (χ3v) is 5.59. The molecule has 0 fully saturated rings. The highest BCUT2D eigenvalue weighted by molar-refractivity contribution is 5.98. The normalized spacial score (nSPS) is 17.4. The van der Waals surface area contributed by atoms with Crippen LogP contribution in [0.1, 0.15) is 15.9 Å². The molecule has 2 aromatic heterocycles. The van der Waals surface area contributed by atoms with Crippen molar-refractivity contribution in [3.63, 3.8) is 0 Å². The van der Waals surface area contributed by atoms with Gasteiger partial charge in [0.25, 0.3) is 5.91 Å². The van der Waals surface area contributed by atoms with Gasteiger partial charge in [0.05, 0.1) is 29.9 Å². The quantitative estimate of drug-likeness (QED) is 0.427. The molecule has 4 aromatic rings. The van der Waals surface area contributed by atoms with Crippen LogP contribution in [0, 0.1) is 0 Å². The predicted molar refractivity (Wildman–Crippen MR) is 127 cm³/mol. The number of benzene rings is 2. The van der Waals surface area contributed by atoms with E-state index in [-0.39, 0.29) is 12.5 Å². The van der Waals surface area contributed by atoms with Crippen molar-refractivity contribution in [1.82, 2.24) is 20.1 Å². The number of aromatic nitrogens is 3. The number of carbonyl (C=O) groups excluding carboxylic acids is 1. The molecule has 34 heavy (non-hydrogen) atoms. The van der Waals surface area contributed by atoms with E-state index in [1.54, 1.807) is 29.2 Å². The van der Waals surface area contributed by atoms with Gasteiger partial charge in [0, 0.05) is 11.6 Å². The van der Waals surface area contributed by atoms with Crippen molar-refractivity contribution in [2.24, 2.45) is 0 Å². The summed E-state index contributed by atoms with van der Waals surface area (Å²) in [6, 6.07) is 16.2. The van der Waals surface area contributed by atoms with Gasteiger partial charge in [-0.1, -0.05) is 12.1 Å². The molecular formula is C26H24N4O4. The fourth-order valence-corrected chi connectivity index (χ4v) is 3.87. The fraction of sp³-hybridized carbons (Fsp3) is 0.192. The molecule has 2 aromatic carbocycles. The lowest BCUT2D eigenvalue weighted by molar-refractivity contribution is 0.0916. The Morgan fingerprint density at radius 1 is 1.03 bits per heavy atom. The first-order valence-electron chi connectivity index (χ1n) is 11.1. The van der Waals surface area contributed by atoms with Gasteiger partial charge in [0.2, 0.25) is 0 Å². The maximum atomic E-state index is 13.2. The van der Waals surface area contributed by atoms with Crippen molar-refractivity contribution in [3.8, 4) is 17.3 Å². The lowest BCUT2D eigenvalue weighted by Gasteiger charge is -2.18. The van der Waals surface area contributed by atoms with Crippen LogP contribution in [0.15, 0.2) is 79.1 Å². The third-order valence-electron chi connectivity index (χ3n) is 5.59. The van der Waals surface area contributed by atoms with E-state index >= 15 is 0 Å². The molecule has 6 bridgehead atoms. The zero-order valence-corrected chi connectivity index (χ0v) is 18.4. The topological polar surface area (TPSA) is 98.5 Å². The second kappa shape index (κ2) is 9.76. The minimum absolute atomic E-state index is 0.197. The Bertz CT molecular complexity index is 1330. The monoisotopic (exact) mass is 456 g/mol. The average molecular weight is 457 g/mol. The molecule has 0 aliphatic carbocycles. The Hall–Kier alpha value is -4.17. The van der Waals surface area contributed by atoms with E-state index < -0.39 is 6.04 Å². The highest BCUT2D eigenvalue weighted by Gasteiger charge is 2.20. The van der Waals surface area contributed by atoms with Gasteiger partial charge in [-0.25, -0.2) is 9.67 Å². The second-order valence-corrected chi connectivity index (χ2v) is 7.95. The van der Waals surface area contributed by atoms with Gasteiger partial charge in [0.1, 0.15) is 24.7 Å². The molecule has 8 heteroatoms. The van der Waals surface area contributed by atoms with E-state index in [2.05, 4.69) is 15.4 Å². The Kier molecular flexibility index (Phi) is 6.22. The van der Waals surface area contributed by atoms with E-state index in [4.69, 9.17) is 9.47 Å². The van der Waals surface area contributed by atoms with Gasteiger partial charge >= 0.3 is 0 Å². The highest BCUT2D eigenvalue weighted by Crippen LogP contribution is 2.24. The molecule has 1 atom stereocenters. The van der Waals surface area contributed by atoms with Crippen LogP contribution in [0.2, 0.25) is 0 Å². The summed E-state index contributed by atoms with van der Waals surface area (Å²) < 4.78 is 13.2. The van der Waals surface area contributed by atoms with Crippen LogP contribution in [-0.4, -0.2) is 51.6 Å². The maximum absolute atomic E-state index is 13.2. The first-order chi connectivity index (χ1) is 16.7. The van der Waals surface area contributed by atoms with Gasteiger partial charge in [0.15, 0.2) is 5.82 Å². The van der Waals surface area contributed by atoms with E-state index in [9.17, 15) is 9.90 Å². The summed E-state index contributed by atoms with van der Waals surface area (Å²) in [6.07, 6.45) is 7.63. The summed E-state index contributed by atoms with van der Waals surface area (Å²) in [4.78, 5) is 17.6. The molecule has 0 spiro atoms. The molecule has 0 saturated carbocycles. The van der Waals surface area contributed by atoms with Crippen molar-refractivity contribution in [3.05, 3.63) is 90.3 Å². The number of aliphatic hydroxyl groups excluding tert-OH is 1. The molecule has 0 unspecified atom stereocenters. The Morgan fingerprint density at radius 3 is 2.59 bits per heavy atom. The van der Waals surface area contributed by atoms with Gasteiger partial charge in [-0.3, -0.25) is 4.79 Å². The van der Waals surface area contributed by atoms with Crippen LogP contribution < -0.4 is 14.8 Å². The van der Waals surface area contributed by atoms with Crippen LogP contribution in [-0.2, 0) is 6.42 Å². The summed E-state index contributed by atoms with van der Waals surface area (Å²) in [6.45, 7) is 0.641.